The van der Waals surface area contributed by atoms with E-state index in [0.717, 1.165) is 5.56 Å². The number of hydrogen-bond donors (Lipinski definition) is 6. The van der Waals surface area contributed by atoms with E-state index < -0.39 is 41.0 Å². The van der Waals surface area contributed by atoms with Crippen LogP contribution in [-0.4, -0.2) is 84.6 Å². The zero-order valence-corrected chi connectivity index (χ0v) is 26.8. The molecule has 1 aliphatic rings. The van der Waals surface area contributed by atoms with Gasteiger partial charge >= 0.3 is 6.03 Å². The molecule has 0 saturated carbocycles. The van der Waals surface area contributed by atoms with Crippen LogP contribution >= 0.6 is 12.6 Å². The first-order chi connectivity index (χ1) is 21.3. The van der Waals surface area contributed by atoms with Crippen LogP contribution in [0.1, 0.15) is 64.4 Å². The summed E-state index contributed by atoms with van der Waals surface area (Å²) in [6, 6.07) is 4.05. The van der Waals surface area contributed by atoms with E-state index in [9.17, 15) is 33.6 Å². The van der Waals surface area contributed by atoms with Gasteiger partial charge in [-0.25, -0.2) is 4.79 Å². The second kappa shape index (κ2) is 18.7. The molecule has 0 aromatic heterocycles. The Morgan fingerprint density at radius 1 is 1.02 bits per heavy atom. The summed E-state index contributed by atoms with van der Waals surface area (Å²) in [4.78, 5) is 86.3. The largest absolute Gasteiger partial charge is 0.469 e. The molecule has 1 saturated heterocycles. The maximum Gasteiger partial charge on any atom is 0.312 e. The number of imide groups is 1. The van der Waals surface area contributed by atoms with Crippen molar-refractivity contribution in [2.75, 3.05) is 18.4 Å². The second-order valence-electron chi connectivity index (χ2n) is 11.2. The smallest absolute Gasteiger partial charge is 0.312 e. The molecule has 2 rings (SSSR count). The maximum absolute atomic E-state index is 13.3. The lowest BCUT2D eigenvalue weighted by molar-refractivity contribution is -0.138. The van der Waals surface area contributed by atoms with E-state index in [1.54, 1.807) is 38.1 Å². The number of carbonyl (C=O) groups excluding carboxylic acids is 7. The van der Waals surface area contributed by atoms with Crippen molar-refractivity contribution in [1.82, 2.24) is 20.9 Å². The third-order valence-corrected chi connectivity index (χ3v) is 7.44. The van der Waals surface area contributed by atoms with Gasteiger partial charge in [0.25, 0.3) is 0 Å². The first-order valence-electron chi connectivity index (χ1n) is 15.0. The van der Waals surface area contributed by atoms with Gasteiger partial charge in [-0.3, -0.25) is 33.7 Å². The zero-order valence-electron chi connectivity index (χ0n) is 25.9. The average Bonchev–Trinajstić information content (AvgIpc) is 3.21. The molecule has 1 heterocycles. The van der Waals surface area contributed by atoms with E-state index in [1.807, 2.05) is 0 Å². The fraction of sp³-hybridized carbons (Fsp3) is 0.552. The maximum atomic E-state index is 13.3. The van der Waals surface area contributed by atoms with E-state index in [0.29, 0.717) is 31.4 Å². The molecule has 246 valence electrons. The van der Waals surface area contributed by atoms with Crippen LogP contribution in [0, 0.1) is 5.92 Å². The van der Waals surface area contributed by atoms with E-state index >= 15 is 0 Å². The topological polar surface area (TPSA) is 206 Å². The van der Waals surface area contributed by atoms with Gasteiger partial charge in [-0.2, -0.15) is 12.6 Å². The number of thiol groups is 1. The van der Waals surface area contributed by atoms with Crippen LogP contribution < -0.4 is 27.0 Å². The molecule has 0 bridgehead atoms. The molecule has 45 heavy (non-hydrogen) atoms. The Morgan fingerprint density at radius 3 is 2.29 bits per heavy atom. The third-order valence-electron chi connectivity index (χ3n) is 7.04. The summed E-state index contributed by atoms with van der Waals surface area (Å²) in [5.74, 6) is -2.61. The van der Waals surface area contributed by atoms with Crippen molar-refractivity contribution in [3.8, 4) is 0 Å². The summed E-state index contributed by atoms with van der Waals surface area (Å²) in [6.07, 6.45) is 2.41. The van der Waals surface area contributed by atoms with Gasteiger partial charge in [-0.1, -0.05) is 32.4 Å². The first-order valence-corrected chi connectivity index (χ1v) is 15.5. The highest BCUT2D eigenvalue weighted by Crippen LogP contribution is 2.19. The number of rotatable bonds is 18. The summed E-state index contributed by atoms with van der Waals surface area (Å²) in [6.45, 7) is 4.11. The molecule has 1 aromatic rings. The molecule has 0 aliphatic carbocycles. The van der Waals surface area contributed by atoms with Crippen LogP contribution in [0.5, 0.6) is 0 Å². The lowest BCUT2D eigenvalue weighted by Gasteiger charge is -2.25. The molecule has 6 N–H and O–H groups in total. The summed E-state index contributed by atoms with van der Waals surface area (Å²) in [5, 5.41) is 10.1. The number of urea groups is 1. The van der Waals surface area contributed by atoms with Crippen molar-refractivity contribution in [2.45, 2.75) is 82.7 Å². The Bertz CT molecular complexity index is 1230. The van der Waals surface area contributed by atoms with Crippen molar-refractivity contribution in [2.24, 2.45) is 11.7 Å². The van der Waals surface area contributed by atoms with E-state index in [4.69, 9.17) is 10.5 Å². The minimum atomic E-state index is -0.987. The Morgan fingerprint density at radius 2 is 1.71 bits per heavy atom. The third kappa shape index (κ3) is 13.2. The highest BCUT2D eigenvalue weighted by molar-refractivity contribution is 7.81. The second-order valence-corrected chi connectivity index (χ2v) is 11.8. The lowest BCUT2D eigenvalue weighted by atomic mass is 10.0. The summed E-state index contributed by atoms with van der Waals surface area (Å²) in [5.41, 5.74) is 6.30. The number of nitrogens with two attached hydrogens (primary N) is 1. The molecule has 0 spiro atoms. The van der Waals surface area contributed by atoms with Gasteiger partial charge in [0, 0.05) is 31.6 Å². The van der Waals surface area contributed by atoms with Gasteiger partial charge in [-0.15, -0.1) is 0 Å². The summed E-state index contributed by atoms with van der Waals surface area (Å²) >= 11 is 4.11. The number of nitrogens with zero attached hydrogens (tertiary/aromatic N) is 1. The predicted molar refractivity (Wildman–Crippen MR) is 172 cm³/mol. The minimum absolute atomic E-state index is 0.0921. The summed E-state index contributed by atoms with van der Waals surface area (Å²) < 4.78 is 4.96. The normalized spacial score (nSPS) is 15.7. The van der Waals surface area contributed by atoms with Gasteiger partial charge in [0.2, 0.25) is 43.3 Å². The molecule has 7 amide bonds. The lowest BCUT2D eigenvalue weighted by Crippen LogP contribution is -2.54. The van der Waals surface area contributed by atoms with Crippen molar-refractivity contribution in [3.05, 3.63) is 29.8 Å². The predicted octanol–water partition coefficient (Wildman–Crippen LogP) is 0.587. The molecular formula is C29H43BN6O8S. The van der Waals surface area contributed by atoms with Gasteiger partial charge in [0.1, 0.15) is 18.7 Å². The van der Waals surface area contributed by atoms with Crippen molar-refractivity contribution >= 4 is 67.6 Å². The van der Waals surface area contributed by atoms with E-state index in [1.165, 1.54) is 12.7 Å². The van der Waals surface area contributed by atoms with Crippen LogP contribution in [0.25, 0.3) is 0 Å². The Hall–Kier alpha value is -4.08. The number of carbonyl (C=O) groups is 7. The number of ether oxygens (including phenoxy) is 1. The number of primary amides is 1. The number of hydrogen-bond acceptors (Lipinski definition) is 9. The summed E-state index contributed by atoms with van der Waals surface area (Å²) in [7, 11) is 1.31. The van der Waals surface area contributed by atoms with Crippen molar-refractivity contribution < 1.29 is 38.3 Å². The molecule has 1 fully saturated rings. The molecule has 1 aliphatic heterocycles. The van der Waals surface area contributed by atoms with Gasteiger partial charge in [0.05, 0.1) is 5.25 Å². The van der Waals surface area contributed by atoms with E-state index in [2.05, 4.69) is 33.9 Å². The van der Waals surface area contributed by atoms with Gasteiger partial charge < -0.3 is 31.7 Å². The Balaban J connectivity index is 1.93. The Labute approximate surface area is 269 Å². The molecule has 2 unspecified atom stereocenters. The fourth-order valence-corrected chi connectivity index (χ4v) is 4.86. The fourth-order valence-electron chi connectivity index (χ4n) is 4.56. The number of nitrogens with one attached hydrogen (secondary N) is 4. The number of benzene rings is 1. The molecule has 16 heteroatoms. The Kier molecular flexibility index (Phi) is 15.4. The van der Waals surface area contributed by atoms with Gasteiger partial charge in [-0.05, 0) is 49.3 Å². The average molecular weight is 647 g/mol. The quantitative estimate of drug-likeness (QED) is 0.0575. The van der Waals surface area contributed by atoms with Crippen molar-refractivity contribution in [3.63, 3.8) is 0 Å². The SMILES string of the molecule is BC(=O)OCc1ccc(NC(=O)[C@H](CCCNC(N)=O)NC(=O)C(NC(=O)CCCCCN2C(=O)CC(S)C2=O)C(C)C)cc1. The van der Waals surface area contributed by atoms with Crippen LogP contribution in [0.3, 0.4) is 0 Å². The molecule has 0 radical (unpaired) electrons. The highest BCUT2D eigenvalue weighted by atomic mass is 32.1. The minimum Gasteiger partial charge on any atom is -0.469 e. The zero-order chi connectivity index (χ0) is 33.5. The van der Waals surface area contributed by atoms with Crippen LogP contribution in [0.4, 0.5) is 15.3 Å². The number of likely N-dealkylation sites (tertiary alicyclic amines) is 1. The van der Waals surface area contributed by atoms with E-state index in [-0.39, 0.29) is 62.6 Å². The number of anilines is 1. The first kappa shape index (κ1) is 37.1. The van der Waals surface area contributed by atoms with Crippen molar-refractivity contribution in [1.29, 1.82) is 0 Å². The highest BCUT2D eigenvalue weighted by Gasteiger charge is 2.35. The monoisotopic (exact) mass is 646 g/mol. The molecule has 14 nitrogen and oxygen atoms in total. The standard InChI is InChI=1S/C29H43BN6O8S/c1-17(2)24(35-22(37)8-4-3-5-14-36-23(38)15-21(45)27(36)41)26(40)34-20(7-6-13-32-29(31)43)25(39)33-19-11-9-18(10-12-19)16-44-28(30)42/h9-12,17,20-21,24,45H,3-8,13-16,30H2,1-2H3,(H,33,39)(H,34,40)(H,35,37)(H3,31,32,43)/t20-,21?,24?/m0/s1. The van der Waals surface area contributed by atoms with Gasteiger partial charge in [0.15, 0.2) is 0 Å². The molecular weight excluding hydrogens is 603 g/mol. The van der Waals surface area contributed by atoms with Crippen LogP contribution in [0.2, 0.25) is 0 Å². The number of unbranched alkanes of at least 4 members (excludes halogenated alkanes) is 2. The number of amides is 7. The molecule has 3 atom stereocenters. The molecule has 1 aromatic carbocycles. The van der Waals surface area contributed by atoms with Crippen LogP contribution in [-0.2, 0) is 35.3 Å². The van der Waals surface area contributed by atoms with Crippen LogP contribution in [0.15, 0.2) is 24.3 Å².